The minimum absolute atomic E-state index is 0.0686. The van der Waals surface area contributed by atoms with E-state index < -0.39 is 15.0 Å². The average molecular weight is 434 g/mol. The molecule has 3 aromatic rings. The number of nitrogens with one attached hydrogen (secondary N) is 1. The van der Waals surface area contributed by atoms with Gasteiger partial charge in [0, 0.05) is 23.0 Å². The van der Waals surface area contributed by atoms with Crippen molar-refractivity contribution in [1.29, 1.82) is 0 Å². The van der Waals surface area contributed by atoms with E-state index in [9.17, 15) is 18.3 Å². The van der Waals surface area contributed by atoms with Crippen LogP contribution in [0, 0.1) is 0 Å². The zero-order chi connectivity index (χ0) is 21.2. The number of phenols is 1. The highest BCUT2D eigenvalue weighted by Crippen LogP contribution is 2.43. The second-order valence-electron chi connectivity index (χ2n) is 5.96. The van der Waals surface area contributed by atoms with Gasteiger partial charge in [-0.3, -0.25) is 4.79 Å². The molecule has 150 valence electrons. The zero-order valence-corrected chi connectivity index (χ0v) is 17.0. The van der Waals surface area contributed by atoms with Crippen molar-refractivity contribution in [2.24, 2.45) is 10.2 Å². The summed E-state index contributed by atoms with van der Waals surface area (Å²) in [6.45, 7) is 1.29. The van der Waals surface area contributed by atoms with Crippen LogP contribution in [0.15, 0.2) is 63.7 Å². The third-order valence-electron chi connectivity index (χ3n) is 4.02. The highest BCUT2D eigenvalue weighted by Gasteiger charge is 2.20. The van der Waals surface area contributed by atoms with Crippen molar-refractivity contribution in [3.8, 4) is 11.5 Å². The molecule has 0 atom stereocenters. The van der Waals surface area contributed by atoms with E-state index in [0.717, 1.165) is 0 Å². The molecule has 0 aliphatic rings. The molecule has 0 heterocycles. The van der Waals surface area contributed by atoms with Gasteiger partial charge in [0.15, 0.2) is 5.75 Å². The number of halogens is 1. The van der Waals surface area contributed by atoms with Gasteiger partial charge < -0.3 is 15.2 Å². The molecule has 0 fully saturated rings. The number of carbonyl (C=O) groups excluding carboxylic acids is 1. The highest BCUT2D eigenvalue weighted by molar-refractivity contribution is 8.14. The molecule has 0 spiro atoms. The fraction of sp³-hybridized carbons (Fsp3) is 0.105. The van der Waals surface area contributed by atoms with E-state index in [4.69, 9.17) is 15.4 Å². The molecule has 0 aliphatic heterocycles. The second-order valence-corrected chi connectivity index (χ2v) is 8.49. The maximum atomic E-state index is 11.9. The first kappa shape index (κ1) is 20.6. The number of ether oxygens (including phenoxy) is 1. The lowest BCUT2D eigenvalue weighted by atomic mass is 10.1. The first-order valence-corrected chi connectivity index (χ1v) is 10.6. The topological polar surface area (TPSA) is 117 Å². The number of phenolic OH excluding ortho intramolecular Hbond substituents is 1. The number of anilines is 1. The smallest absolute Gasteiger partial charge is 0.261 e. The Morgan fingerprint density at radius 2 is 1.76 bits per heavy atom. The van der Waals surface area contributed by atoms with E-state index in [1.54, 1.807) is 24.3 Å². The third-order valence-corrected chi connectivity index (χ3v) is 5.40. The van der Waals surface area contributed by atoms with E-state index in [2.05, 4.69) is 15.5 Å². The van der Waals surface area contributed by atoms with Crippen molar-refractivity contribution >= 4 is 53.5 Å². The normalized spacial score (nSPS) is 11.7. The summed E-state index contributed by atoms with van der Waals surface area (Å²) < 4.78 is 29.0. The van der Waals surface area contributed by atoms with Crippen LogP contribution in [0.25, 0.3) is 10.8 Å². The number of aromatic hydroxyl groups is 1. The van der Waals surface area contributed by atoms with Crippen LogP contribution in [0.1, 0.15) is 6.92 Å². The number of benzene rings is 3. The van der Waals surface area contributed by atoms with Crippen LogP contribution < -0.4 is 10.1 Å². The number of hydrogen-bond acceptors (Lipinski definition) is 7. The number of rotatable bonds is 5. The van der Waals surface area contributed by atoms with Crippen LogP contribution in [0.3, 0.4) is 0 Å². The SMILES string of the molecule is COc1ccccc1N=Nc1ccc2c(S(=O)(=O)Cl)ccc(NC(C)=O)c2c1O. The fourth-order valence-corrected chi connectivity index (χ4v) is 3.86. The number of azo groups is 1. The molecule has 0 bridgehead atoms. The van der Waals surface area contributed by atoms with Crippen LogP contribution in [0.4, 0.5) is 17.1 Å². The molecule has 0 unspecified atom stereocenters. The summed E-state index contributed by atoms with van der Waals surface area (Å²) in [7, 11) is 2.91. The molecule has 1 amide bonds. The summed E-state index contributed by atoms with van der Waals surface area (Å²) in [4.78, 5) is 11.3. The monoisotopic (exact) mass is 433 g/mol. The van der Waals surface area contributed by atoms with Gasteiger partial charge >= 0.3 is 0 Å². The summed E-state index contributed by atoms with van der Waals surface area (Å²) in [6.07, 6.45) is 0. The van der Waals surface area contributed by atoms with E-state index in [0.29, 0.717) is 11.4 Å². The van der Waals surface area contributed by atoms with Gasteiger partial charge in [-0.25, -0.2) is 8.42 Å². The molecule has 2 N–H and O–H groups in total. The van der Waals surface area contributed by atoms with Crippen molar-refractivity contribution in [3.05, 3.63) is 48.5 Å². The van der Waals surface area contributed by atoms with Crippen LogP contribution in [-0.2, 0) is 13.8 Å². The molecule has 10 heteroatoms. The lowest BCUT2D eigenvalue weighted by Gasteiger charge is -2.12. The van der Waals surface area contributed by atoms with E-state index in [-0.39, 0.29) is 32.8 Å². The fourth-order valence-electron chi connectivity index (χ4n) is 2.80. The van der Waals surface area contributed by atoms with Crippen molar-refractivity contribution in [2.75, 3.05) is 12.4 Å². The molecule has 0 radical (unpaired) electrons. The minimum Gasteiger partial charge on any atom is -0.505 e. The first-order valence-electron chi connectivity index (χ1n) is 8.28. The van der Waals surface area contributed by atoms with Crippen molar-refractivity contribution in [2.45, 2.75) is 11.8 Å². The Labute approximate surface area is 171 Å². The largest absolute Gasteiger partial charge is 0.505 e. The number of hydrogen-bond donors (Lipinski definition) is 2. The number of para-hydroxylation sites is 1. The predicted molar refractivity (Wildman–Crippen MR) is 110 cm³/mol. The number of carbonyl (C=O) groups is 1. The van der Waals surface area contributed by atoms with Gasteiger partial charge in [-0.15, -0.1) is 10.2 Å². The van der Waals surface area contributed by atoms with E-state index >= 15 is 0 Å². The van der Waals surface area contributed by atoms with Gasteiger partial charge in [-0.05, 0) is 30.3 Å². The van der Waals surface area contributed by atoms with Gasteiger partial charge in [-0.1, -0.05) is 18.2 Å². The molecule has 29 heavy (non-hydrogen) atoms. The number of nitrogens with zero attached hydrogens (tertiary/aromatic N) is 2. The summed E-state index contributed by atoms with van der Waals surface area (Å²) >= 11 is 0. The van der Waals surface area contributed by atoms with Gasteiger partial charge in [0.2, 0.25) is 5.91 Å². The molecule has 0 aliphatic carbocycles. The third kappa shape index (κ3) is 4.30. The summed E-state index contributed by atoms with van der Waals surface area (Å²) in [5.41, 5.74) is 0.719. The Morgan fingerprint density at radius 3 is 2.41 bits per heavy atom. The Balaban J connectivity index is 2.22. The molecule has 0 aromatic heterocycles. The summed E-state index contributed by atoms with van der Waals surface area (Å²) in [5.74, 6) is -0.258. The summed E-state index contributed by atoms with van der Waals surface area (Å²) in [5, 5.41) is 21.7. The molecule has 0 saturated heterocycles. The molecular weight excluding hydrogens is 418 g/mol. The molecule has 3 rings (SSSR count). The van der Waals surface area contributed by atoms with Crippen molar-refractivity contribution < 1.29 is 23.1 Å². The molecule has 0 saturated carbocycles. The second kappa shape index (κ2) is 8.06. The van der Waals surface area contributed by atoms with Crippen molar-refractivity contribution in [1.82, 2.24) is 0 Å². The lowest BCUT2D eigenvalue weighted by Crippen LogP contribution is -2.07. The Hall–Kier alpha value is -3.17. The van der Waals surface area contributed by atoms with Crippen LogP contribution in [0.5, 0.6) is 11.5 Å². The van der Waals surface area contributed by atoms with Gasteiger partial charge in [-0.2, -0.15) is 0 Å². The van der Waals surface area contributed by atoms with Gasteiger partial charge in [0.05, 0.1) is 23.1 Å². The quantitative estimate of drug-likeness (QED) is 0.440. The minimum atomic E-state index is -4.09. The molecule has 3 aromatic carbocycles. The Bertz CT molecular complexity index is 1240. The first-order chi connectivity index (χ1) is 13.7. The highest BCUT2D eigenvalue weighted by atomic mass is 35.7. The maximum absolute atomic E-state index is 11.9. The van der Waals surface area contributed by atoms with E-state index in [1.165, 1.54) is 38.3 Å². The standard InChI is InChI=1S/C19H16ClN3O5S/c1-11(24)21-14-9-10-17(29(20,26)27)12-7-8-15(19(25)18(12)14)23-22-13-5-3-4-6-16(13)28-2/h3-10,25H,1-2H3,(H,21,24). The summed E-state index contributed by atoms with van der Waals surface area (Å²) in [6, 6.07) is 12.4. The van der Waals surface area contributed by atoms with E-state index in [1.807, 2.05) is 0 Å². The molecule has 8 nitrogen and oxygen atoms in total. The zero-order valence-electron chi connectivity index (χ0n) is 15.4. The van der Waals surface area contributed by atoms with Gasteiger partial charge in [0.1, 0.15) is 17.1 Å². The van der Waals surface area contributed by atoms with Crippen LogP contribution in [-0.4, -0.2) is 26.5 Å². The Morgan fingerprint density at radius 1 is 1.07 bits per heavy atom. The number of methoxy groups -OCH3 is 1. The Kier molecular flexibility index (Phi) is 5.71. The van der Waals surface area contributed by atoms with Crippen LogP contribution in [0.2, 0.25) is 0 Å². The maximum Gasteiger partial charge on any atom is 0.261 e. The van der Waals surface area contributed by atoms with Crippen LogP contribution >= 0.6 is 10.7 Å². The molecular formula is C19H16ClN3O5S. The number of amides is 1. The van der Waals surface area contributed by atoms with Gasteiger partial charge in [0.25, 0.3) is 9.05 Å². The lowest BCUT2D eigenvalue weighted by molar-refractivity contribution is -0.114. The predicted octanol–water partition coefficient (Wildman–Crippen LogP) is 4.86. The van der Waals surface area contributed by atoms with Crippen molar-refractivity contribution in [3.63, 3.8) is 0 Å². The number of fused-ring (bicyclic) bond motifs is 1. The average Bonchev–Trinajstić information content (AvgIpc) is 2.66.